The van der Waals surface area contributed by atoms with Gasteiger partial charge in [-0.15, -0.1) is 0 Å². The van der Waals surface area contributed by atoms with Gasteiger partial charge < -0.3 is 19.5 Å². The van der Waals surface area contributed by atoms with Gasteiger partial charge in [-0.05, 0) is 40.5 Å². The number of nitrogens with one attached hydrogen (secondary N) is 1. The minimum Gasteiger partial charge on any atom is -0.399 e. The first-order chi connectivity index (χ1) is 11.7. The van der Waals surface area contributed by atoms with E-state index in [1.165, 1.54) is 0 Å². The molecule has 8 heteroatoms. The van der Waals surface area contributed by atoms with E-state index in [0.717, 1.165) is 31.4 Å². The van der Waals surface area contributed by atoms with E-state index < -0.39 is 7.12 Å². The molecule has 1 atom stereocenters. The summed E-state index contributed by atoms with van der Waals surface area (Å²) in [6.45, 7) is 11.3. The first-order valence-electron chi connectivity index (χ1n) is 8.87. The Labute approximate surface area is 149 Å². The predicted molar refractivity (Wildman–Crippen MR) is 96.8 cm³/mol. The van der Waals surface area contributed by atoms with Crippen LogP contribution in [0.25, 0.3) is 0 Å². The third kappa shape index (κ3) is 3.79. The molecule has 0 radical (unpaired) electrons. The zero-order valence-electron chi connectivity index (χ0n) is 15.7. The van der Waals surface area contributed by atoms with Gasteiger partial charge in [-0.3, -0.25) is 4.79 Å². The molecule has 0 aliphatic carbocycles. The van der Waals surface area contributed by atoms with Crippen molar-refractivity contribution in [2.24, 2.45) is 0 Å². The van der Waals surface area contributed by atoms with Crippen LogP contribution in [0.4, 0.5) is 5.95 Å². The van der Waals surface area contributed by atoms with Crippen LogP contribution in [0.15, 0.2) is 12.4 Å². The molecule has 1 amide bonds. The third-order valence-electron chi connectivity index (χ3n) is 5.30. The Kier molecular flexibility index (Phi) is 4.77. The van der Waals surface area contributed by atoms with Crippen molar-refractivity contribution in [1.82, 2.24) is 15.3 Å². The maximum atomic E-state index is 11.3. The lowest BCUT2D eigenvalue weighted by Gasteiger charge is -2.32. The second-order valence-corrected chi connectivity index (χ2v) is 7.89. The smallest absolute Gasteiger partial charge is 0.399 e. The molecule has 0 aromatic carbocycles. The van der Waals surface area contributed by atoms with E-state index in [9.17, 15) is 4.79 Å². The van der Waals surface area contributed by atoms with Crippen molar-refractivity contribution in [2.75, 3.05) is 18.0 Å². The van der Waals surface area contributed by atoms with Gasteiger partial charge in [0.1, 0.15) is 0 Å². The van der Waals surface area contributed by atoms with Gasteiger partial charge in [0.2, 0.25) is 11.9 Å². The maximum Gasteiger partial charge on any atom is 0.498 e. The molecule has 136 valence electrons. The standard InChI is InChI=1S/C17H27BN4O3/c1-12(23)21-14-7-6-8-22(11-14)15-19-9-13(10-20-15)18-24-16(2,3)17(4,5)25-18/h9-10,14H,6-8,11H2,1-5H3,(H,21,23). The monoisotopic (exact) mass is 346 g/mol. The molecular formula is C17H27BN4O3. The number of carbonyl (C=O) groups is 1. The molecule has 2 saturated heterocycles. The summed E-state index contributed by atoms with van der Waals surface area (Å²) >= 11 is 0. The lowest BCUT2D eigenvalue weighted by atomic mass is 9.81. The zero-order valence-corrected chi connectivity index (χ0v) is 15.7. The summed E-state index contributed by atoms with van der Waals surface area (Å²) < 4.78 is 12.1. The Bertz CT molecular complexity index is 619. The number of rotatable bonds is 3. The van der Waals surface area contributed by atoms with E-state index in [0.29, 0.717) is 5.95 Å². The van der Waals surface area contributed by atoms with Crippen LogP contribution >= 0.6 is 0 Å². The average molecular weight is 346 g/mol. The van der Waals surface area contributed by atoms with Gasteiger partial charge in [0.25, 0.3) is 0 Å². The summed E-state index contributed by atoms with van der Waals surface area (Å²) in [4.78, 5) is 22.4. The molecule has 0 spiro atoms. The largest absolute Gasteiger partial charge is 0.498 e. The lowest BCUT2D eigenvalue weighted by Crippen LogP contribution is -2.48. The van der Waals surface area contributed by atoms with Crippen LogP contribution < -0.4 is 15.7 Å². The topological polar surface area (TPSA) is 76.6 Å². The zero-order chi connectivity index (χ0) is 18.2. The maximum absolute atomic E-state index is 11.3. The van der Waals surface area contributed by atoms with Gasteiger partial charge in [-0.2, -0.15) is 0 Å². The van der Waals surface area contributed by atoms with Crippen LogP contribution in [0.2, 0.25) is 0 Å². The minimum absolute atomic E-state index is 0.00359. The lowest BCUT2D eigenvalue weighted by molar-refractivity contribution is -0.119. The number of aromatic nitrogens is 2. The Balaban J connectivity index is 1.68. The fourth-order valence-electron chi connectivity index (χ4n) is 3.16. The highest BCUT2D eigenvalue weighted by molar-refractivity contribution is 6.61. The Morgan fingerprint density at radius 2 is 1.84 bits per heavy atom. The van der Waals surface area contributed by atoms with Gasteiger partial charge in [0.05, 0.1) is 11.2 Å². The molecule has 2 fully saturated rings. The van der Waals surface area contributed by atoms with E-state index in [4.69, 9.17) is 9.31 Å². The van der Waals surface area contributed by atoms with Crippen LogP contribution in [-0.4, -0.2) is 53.3 Å². The van der Waals surface area contributed by atoms with Gasteiger partial charge >= 0.3 is 7.12 Å². The quantitative estimate of drug-likeness (QED) is 0.819. The van der Waals surface area contributed by atoms with Crippen molar-refractivity contribution >= 4 is 24.4 Å². The van der Waals surface area contributed by atoms with Crippen molar-refractivity contribution in [2.45, 2.75) is 64.7 Å². The Morgan fingerprint density at radius 1 is 1.24 bits per heavy atom. The second kappa shape index (κ2) is 6.57. The normalized spacial score (nSPS) is 25.1. The molecule has 2 aliphatic rings. The van der Waals surface area contributed by atoms with Crippen LogP contribution in [0, 0.1) is 0 Å². The van der Waals surface area contributed by atoms with Crippen molar-refractivity contribution in [1.29, 1.82) is 0 Å². The molecule has 1 N–H and O–H groups in total. The Morgan fingerprint density at radius 3 is 2.40 bits per heavy atom. The molecule has 7 nitrogen and oxygen atoms in total. The number of nitrogens with zero attached hydrogens (tertiary/aromatic N) is 3. The SMILES string of the molecule is CC(=O)NC1CCCN(c2ncc(B3OC(C)(C)C(C)(C)O3)cn2)C1. The summed E-state index contributed by atoms with van der Waals surface area (Å²) in [5.41, 5.74) is 0.0571. The number of piperidine rings is 1. The fourth-order valence-corrected chi connectivity index (χ4v) is 3.16. The predicted octanol–water partition coefficient (Wildman–Crippen LogP) is 0.881. The highest BCUT2D eigenvalue weighted by Gasteiger charge is 2.52. The van der Waals surface area contributed by atoms with Gasteiger partial charge in [-0.25, -0.2) is 9.97 Å². The van der Waals surface area contributed by atoms with Crippen LogP contribution in [0.5, 0.6) is 0 Å². The minimum atomic E-state index is -0.451. The van der Waals surface area contributed by atoms with Crippen LogP contribution in [0.1, 0.15) is 47.5 Å². The molecule has 3 heterocycles. The summed E-state index contributed by atoms with van der Waals surface area (Å²) in [6.07, 6.45) is 5.54. The van der Waals surface area contributed by atoms with E-state index in [1.807, 2.05) is 27.7 Å². The van der Waals surface area contributed by atoms with E-state index in [1.54, 1.807) is 19.3 Å². The van der Waals surface area contributed by atoms with Crippen LogP contribution in [0.3, 0.4) is 0 Å². The van der Waals surface area contributed by atoms with Gasteiger partial charge in [0.15, 0.2) is 0 Å². The number of anilines is 1. The molecule has 1 aromatic rings. The van der Waals surface area contributed by atoms with Crippen LogP contribution in [-0.2, 0) is 14.1 Å². The second-order valence-electron chi connectivity index (χ2n) is 7.89. The highest BCUT2D eigenvalue weighted by Crippen LogP contribution is 2.36. The van der Waals surface area contributed by atoms with E-state index in [2.05, 4.69) is 20.2 Å². The Hall–Kier alpha value is -1.67. The number of carbonyl (C=O) groups excluding carboxylic acids is 1. The number of hydrogen-bond donors (Lipinski definition) is 1. The molecular weight excluding hydrogens is 319 g/mol. The number of amides is 1. The van der Waals surface area contributed by atoms with Gasteiger partial charge in [0, 0.05) is 43.9 Å². The summed E-state index contributed by atoms with van der Waals surface area (Å²) in [5, 5.41) is 2.98. The van der Waals surface area contributed by atoms with Gasteiger partial charge in [-0.1, -0.05) is 0 Å². The summed E-state index contributed by atoms with van der Waals surface area (Å²) in [6, 6.07) is 0.151. The van der Waals surface area contributed by atoms with Crippen molar-refractivity contribution < 1.29 is 14.1 Å². The van der Waals surface area contributed by atoms with E-state index in [-0.39, 0.29) is 23.2 Å². The first kappa shape index (κ1) is 18.1. The molecule has 1 unspecified atom stereocenters. The van der Waals surface area contributed by atoms with Crippen molar-refractivity contribution in [3.63, 3.8) is 0 Å². The molecule has 0 saturated carbocycles. The van der Waals surface area contributed by atoms with Crippen molar-refractivity contribution in [3.8, 4) is 0 Å². The summed E-state index contributed by atoms with van der Waals surface area (Å²) in [7, 11) is -0.451. The first-order valence-corrected chi connectivity index (χ1v) is 8.87. The fraction of sp³-hybridized carbons (Fsp3) is 0.706. The molecule has 0 bridgehead atoms. The van der Waals surface area contributed by atoms with Crippen molar-refractivity contribution in [3.05, 3.63) is 12.4 Å². The molecule has 3 rings (SSSR count). The number of hydrogen-bond acceptors (Lipinski definition) is 6. The highest BCUT2D eigenvalue weighted by atomic mass is 16.7. The molecule has 25 heavy (non-hydrogen) atoms. The van der Waals surface area contributed by atoms with E-state index >= 15 is 0 Å². The molecule has 2 aliphatic heterocycles. The molecule has 1 aromatic heterocycles. The summed E-state index contributed by atoms with van der Waals surface area (Å²) in [5.74, 6) is 0.680. The average Bonchev–Trinajstić information content (AvgIpc) is 2.75. The third-order valence-corrected chi connectivity index (χ3v) is 5.30.